The fourth-order valence-corrected chi connectivity index (χ4v) is 3.26. The van der Waals surface area contributed by atoms with Gasteiger partial charge in [0.1, 0.15) is 0 Å². The molecule has 3 nitrogen and oxygen atoms in total. The van der Waals surface area contributed by atoms with Gasteiger partial charge in [-0.25, -0.2) is 0 Å². The number of anilines is 1. The Kier molecular flexibility index (Phi) is 4.84. The molecule has 0 unspecified atom stereocenters. The second kappa shape index (κ2) is 7.47. The topological polar surface area (TPSA) is 34.0 Å². The molecule has 0 aliphatic rings. The molecule has 4 aromatic rings. The van der Waals surface area contributed by atoms with Gasteiger partial charge in [0.15, 0.2) is 0 Å². The first-order valence-corrected chi connectivity index (χ1v) is 9.02. The number of para-hydroxylation sites is 1. The smallest absolute Gasteiger partial charge is 0.341 e. The number of hydrogen-bond acceptors (Lipinski definition) is 1. The first-order chi connectivity index (χ1) is 13.9. The van der Waals surface area contributed by atoms with E-state index in [9.17, 15) is 18.0 Å². The van der Waals surface area contributed by atoms with Gasteiger partial charge in [-0.3, -0.25) is 4.79 Å². The van der Waals surface area contributed by atoms with Crippen LogP contribution in [0.3, 0.4) is 0 Å². The van der Waals surface area contributed by atoms with E-state index in [-0.39, 0.29) is 5.91 Å². The third kappa shape index (κ3) is 4.01. The molecule has 0 aliphatic carbocycles. The molecule has 0 atom stereocenters. The van der Waals surface area contributed by atoms with Crippen molar-refractivity contribution in [2.24, 2.45) is 0 Å². The zero-order valence-corrected chi connectivity index (χ0v) is 15.3. The highest BCUT2D eigenvalue weighted by Crippen LogP contribution is 2.30. The van der Waals surface area contributed by atoms with E-state index < -0.39 is 11.7 Å². The van der Waals surface area contributed by atoms with Crippen molar-refractivity contribution in [3.8, 4) is 0 Å². The van der Waals surface area contributed by atoms with E-state index >= 15 is 0 Å². The third-order valence-corrected chi connectivity index (χ3v) is 4.71. The first kappa shape index (κ1) is 18.8. The Morgan fingerprint density at radius 3 is 2.21 bits per heavy atom. The van der Waals surface area contributed by atoms with Crippen LogP contribution in [0, 0.1) is 0 Å². The molecule has 0 fully saturated rings. The molecular formula is C23H17F3N2O. The van der Waals surface area contributed by atoms with Gasteiger partial charge in [0.2, 0.25) is 0 Å². The minimum atomic E-state index is -4.35. The lowest BCUT2D eigenvalue weighted by atomic mass is 10.1. The van der Waals surface area contributed by atoms with Gasteiger partial charge in [-0.15, -0.1) is 0 Å². The number of benzene rings is 3. The summed E-state index contributed by atoms with van der Waals surface area (Å²) in [4.78, 5) is 12.5. The van der Waals surface area contributed by atoms with E-state index in [2.05, 4.69) is 5.32 Å². The van der Waals surface area contributed by atoms with Crippen LogP contribution in [0.1, 0.15) is 21.5 Å². The highest BCUT2D eigenvalue weighted by Gasteiger charge is 2.29. The van der Waals surface area contributed by atoms with Gasteiger partial charge in [0.05, 0.1) is 16.8 Å². The number of carbonyl (C=O) groups excluding carboxylic acids is 1. The molecule has 0 radical (unpaired) electrons. The Labute approximate surface area is 165 Å². The van der Waals surface area contributed by atoms with Crippen LogP contribution in [0.25, 0.3) is 10.9 Å². The summed E-state index contributed by atoms with van der Waals surface area (Å²) in [5, 5.41) is 3.79. The molecule has 1 amide bonds. The van der Waals surface area contributed by atoms with E-state index in [4.69, 9.17) is 0 Å². The summed E-state index contributed by atoms with van der Waals surface area (Å²) >= 11 is 0. The molecule has 0 saturated carbocycles. The van der Waals surface area contributed by atoms with Crippen LogP contribution in [-0.4, -0.2) is 10.5 Å². The molecule has 3 aromatic carbocycles. The molecule has 1 N–H and O–H groups in total. The van der Waals surface area contributed by atoms with Crippen molar-refractivity contribution in [3.05, 3.63) is 102 Å². The molecular weight excluding hydrogens is 377 g/mol. The standard InChI is InChI=1S/C23H17F3N2O/c24-23(25,26)18-12-10-16(11-13-18)14-28-15-20(19-8-4-5-9-21(19)28)27-22(29)17-6-2-1-3-7-17/h1-13,15H,14H2,(H,27,29). The van der Waals surface area contributed by atoms with Crippen LogP contribution in [0.5, 0.6) is 0 Å². The normalized spacial score (nSPS) is 11.6. The SMILES string of the molecule is O=C(Nc1cn(Cc2ccc(C(F)(F)F)cc2)c2ccccc12)c1ccccc1. The van der Waals surface area contributed by atoms with Crippen molar-refractivity contribution in [1.82, 2.24) is 4.57 Å². The summed E-state index contributed by atoms with van der Waals surface area (Å²) in [5.41, 5.74) is 2.15. The second-order valence-electron chi connectivity index (χ2n) is 6.70. The Morgan fingerprint density at radius 1 is 0.862 bits per heavy atom. The van der Waals surface area contributed by atoms with Crippen molar-refractivity contribution < 1.29 is 18.0 Å². The number of aromatic nitrogens is 1. The number of fused-ring (bicyclic) bond motifs is 1. The van der Waals surface area contributed by atoms with Gasteiger partial charge in [-0.2, -0.15) is 13.2 Å². The molecule has 29 heavy (non-hydrogen) atoms. The third-order valence-electron chi connectivity index (χ3n) is 4.71. The summed E-state index contributed by atoms with van der Waals surface area (Å²) < 4.78 is 40.2. The number of nitrogens with zero attached hydrogens (tertiary/aromatic N) is 1. The van der Waals surface area contributed by atoms with Crippen molar-refractivity contribution in [2.75, 3.05) is 5.32 Å². The van der Waals surface area contributed by atoms with Crippen LogP contribution in [0.15, 0.2) is 85.1 Å². The van der Waals surface area contributed by atoms with E-state index in [1.54, 1.807) is 24.3 Å². The Morgan fingerprint density at radius 2 is 1.52 bits per heavy atom. The molecule has 6 heteroatoms. The van der Waals surface area contributed by atoms with Gasteiger partial charge in [0, 0.05) is 23.7 Å². The van der Waals surface area contributed by atoms with Crippen molar-refractivity contribution in [3.63, 3.8) is 0 Å². The Hall–Kier alpha value is -3.54. The summed E-state index contributed by atoms with van der Waals surface area (Å²) in [5.74, 6) is -0.219. The fraction of sp³-hybridized carbons (Fsp3) is 0.0870. The summed E-state index contributed by atoms with van der Waals surface area (Å²) in [6, 6.07) is 21.6. The zero-order chi connectivity index (χ0) is 20.4. The predicted molar refractivity (Wildman–Crippen MR) is 107 cm³/mol. The fourth-order valence-electron chi connectivity index (χ4n) is 3.26. The van der Waals surface area contributed by atoms with Gasteiger partial charge in [-0.1, -0.05) is 48.5 Å². The quantitative estimate of drug-likeness (QED) is 0.455. The van der Waals surface area contributed by atoms with Gasteiger partial charge in [0.25, 0.3) is 5.91 Å². The van der Waals surface area contributed by atoms with Gasteiger partial charge < -0.3 is 9.88 Å². The molecule has 1 heterocycles. The molecule has 0 bridgehead atoms. The van der Waals surface area contributed by atoms with E-state index in [1.165, 1.54) is 12.1 Å². The summed E-state index contributed by atoms with van der Waals surface area (Å²) in [6.45, 7) is 0.389. The Bertz CT molecular complexity index is 1150. The maximum absolute atomic E-state index is 12.8. The monoisotopic (exact) mass is 394 g/mol. The highest BCUT2D eigenvalue weighted by molar-refractivity contribution is 6.09. The lowest BCUT2D eigenvalue weighted by Crippen LogP contribution is -2.11. The number of alkyl halides is 3. The lowest BCUT2D eigenvalue weighted by molar-refractivity contribution is -0.137. The number of amides is 1. The lowest BCUT2D eigenvalue weighted by Gasteiger charge is -2.09. The summed E-state index contributed by atoms with van der Waals surface area (Å²) in [7, 11) is 0. The predicted octanol–water partition coefficient (Wildman–Crippen LogP) is 5.96. The molecule has 4 rings (SSSR count). The van der Waals surface area contributed by atoms with E-state index in [1.807, 2.05) is 41.1 Å². The average molecular weight is 394 g/mol. The van der Waals surface area contributed by atoms with Crippen LogP contribution in [0.2, 0.25) is 0 Å². The first-order valence-electron chi connectivity index (χ1n) is 9.02. The summed E-state index contributed by atoms with van der Waals surface area (Å²) in [6.07, 6.45) is -2.54. The number of nitrogens with one attached hydrogen (secondary N) is 1. The maximum atomic E-state index is 12.8. The largest absolute Gasteiger partial charge is 0.416 e. The van der Waals surface area contributed by atoms with Crippen LogP contribution in [-0.2, 0) is 12.7 Å². The zero-order valence-electron chi connectivity index (χ0n) is 15.3. The van der Waals surface area contributed by atoms with Gasteiger partial charge >= 0.3 is 6.18 Å². The average Bonchev–Trinajstić information content (AvgIpc) is 3.06. The molecule has 0 saturated heterocycles. The number of carbonyl (C=O) groups is 1. The molecule has 0 spiro atoms. The van der Waals surface area contributed by atoms with Crippen LogP contribution >= 0.6 is 0 Å². The molecule has 0 aliphatic heterocycles. The van der Waals surface area contributed by atoms with Crippen LogP contribution in [0.4, 0.5) is 18.9 Å². The molecule has 1 aromatic heterocycles. The minimum absolute atomic E-state index is 0.219. The highest BCUT2D eigenvalue weighted by atomic mass is 19.4. The number of rotatable bonds is 4. The number of hydrogen-bond donors (Lipinski definition) is 1. The van der Waals surface area contributed by atoms with Gasteiger partial charge in [-0.05, 0) is 35.9 Å². The number of halogens is 3. The van der Waals surface area contributed by atoms with E-state index in [0.717, 1.165) is 28.6 Å². The van der Waals surface area contributed by atoms with Crippen molar-refractivity contribution in [2.45, 2.75) is 12.7 Å². The van der Waals surface area contributed by atoms with Crippen molar-refractivity contribution >= 4 is 22.5 Å². The second-order valence-corrected chi connectivity index (χ2v) is 6.70. The minimum Gasteiger partial charge on any atom is -0.341 e. The molecule has 146 valence electrons. The van der Waals surface area contributed by atoms with Crippen molar-refractivity contribution in [1.29, 1.82) is 0 Å². The van der Waals surface area contributed by atoms with Crippen LogP contribution < -0.4 is 5.32 Å². The van der Waals surface area contributed by atoms with E-state index in [0.29, 0.717) is 17.8 Å². The maximum Gasteiger partial charge on any atom is 0.416 e. The Balaban J connectivity index is 1.63.